The Balaban J connectivity index is 0.00000256. The first kappa shape index (κ1) is 22.8. The van der Waals surface area contributed by atoms with Crippen molar-refractivity contribution in [3.63, 3.8) is 0 Å². The zero-order valence-electron chi connectivity index (χ0n) is 17.6. The van der Waals surface area contributed by atoms with Crippen LogP contribution in [0.4, 0.5) is 5.69 Å². The van der Waals surface area contributed by atoms with Crippen molar-refractivity contribution in [2.45, 2.75) is 50.7 Å². The molecule has 2 aromatic rings. The maximum absolute atomic E-state index is 12.5. The van der Waals surface area contributed by atoms with E-state index >= 15 is 0 Å². The van der Waals surface area contributed by atoms with Gasteiger partial charge in [-0.05, 0) is 49.8 Å². The number of hydrogen-bond acceptors (Lipinski definition) is 4. The van der Waals surface area contributed by atoms with Gasteiger partial charge in [0, 0.05) is 50.4 Å². The van der Waals surface area contributed by atoms with Crippen molar-refractivity contribution in [2.75, 3.05) is 31.1 Å². The smallest absolute Gasteiger partial charge is 0.165 e. The zero-order chi connectivity index (χ0) is 20.1. The summed E-state index contributed by atoms with van der Waals surface area (Å²) >= 11 is 0. The van der Waals surface area contributed by atoms with Gasteiger partial charge in [0.2, 0.25) is 0 Å². The van der Waals surface area contributed by atoms with Crippen molar-refractivity contribution >= 4 is 23.9 Å². The summed E-state index contributed by atoms with van der Waals surface area (Å²) in [6, 6.07) is 18.3. The highest BCUT2D eigenvalue weighted by Gasteiger charge is 2.34. The fraction of sp³-hybridized carbons (Fsp3) is 0.480. The number of likely N-dealkylation sites (tertiary alicyclic amines) is 1. The molecule has 0 amide bonds. The molecule has 2 aromatic carbocycles. The number of piperidine rings is 2. The molecule has 2 aliphatic rings. The second-order valence-corrected chi connectivity index (χ2v) is 8.68. The lowest BCUT2D eigenvalue weighted by Crippen LogP contribution is -2.45. The highest BCUT2D eigenvalue weighted by atomic mass is 35.5. The van der Waals surface area contributed by atoms with Gasteiger partial charge in [-0.25, -0.2) is 0 Å². The number of nitrogens with zero attached hydrogens (tertiary/aromatic N) is 2. The summed E-state index contributed by atoms with van der Waals surface area (Å²) in [7, 11) is 0. The molecule has 2 aliphatic heterocycles. The van der Waals surface area contributed by atoms with E-state index in [1.807, 2.05) is 30.3 Å². The molecule has 0 radical (unpaired) electrons. The second-order valence-electron chi connectivity index (χ2n) is 8.68. The minimum atomic E-state index is -0.873. The fourth-order valence-corrected chi connectivity index (χ4v) is 4.55. The molecule has 30 heavy (non-hydrogen) atoms. The van der Waals surface area contributed by atoms with E-state index in [0.29, 0.717) is 18.4 Å². The van der Waals surface area contributed by atoms with Gasteiger partial charge in [0.15, 0.2) is 5.78 Å². The summed E-state index contributed by atoms with van der Waals surface area (Å²) in [5, 5.41) is 10.9. The fourth-order valence-electron chi connectivity index (χ4n) is 4.55. The van der Waals surface area contributed by atoms with Crippen LogP contribution in [0.2, 0.25) is 0 Å². The molecular formula is C25H33ClN2O2. The Kier molecular flexibility index (Phi) is 7.93. The highest BCUT2D eigenvalue weighted by molar-refractivity contribution is 5.96. The van der Waals surface area contributed by atoms with Gasteiger partial charge in [0.1, 0.15) is 0 Å². The Labute approximate surface area is 186 Å². The third kappa shape index (κ3) is 5.84. The molecule has 5 heteroatoms. The van der Waals surface area contributed by atoms with Crippen molar-refractivity contribution in [3.8, 4) is 0 Å². The molecule has 0 unspecified atom stereocenters. The first-order valence-corrected chi connectivity index (χ1v) is 11.0. The van der Waals surface area contributed by atoms with Crippen LogP contribution < -0.4 is 4.90 Å². The number of Topliss-reactive ketones (excluding diaryl/α,β-unsaturated/α-hetero) is 1. The predicted molar refractivity (Wildman–Crippen MR) is 125 cm³/mol. The van der Waals surface area contributed by atoms with Gasteiger partial charge in [-0.2, -0.15) is 0 Å². The maximum atomic E-state index is 12.5. The normalized spacial score (nSPS) is 19.2. The summed E-state index contributed by atoms with van der Waals surface area (Å²) in [4.78, 5) is 17.3. The van der Waals surface area contributed by atoms with Gasteiger partial charge in [0.05, 0.1) is 5.60 Å². The number of halogens is 1. The van der Waals surface area contributed by atoms with E-state index in [9.17, 15) is 9.90 Å². The minimum absolute atomic E-state index is 0. The lowest BCUT2D eigenvalue weighted by Gasteiger charge is -2.38. The number of anilines is 1. The van der Waals surface area contributed by atoms with Crippen LogP contribution in [0.5, 0.6) is 0 Å². The predicted octanol–water partition coefficient (Wildman–Crippen LogP) is 4.70. The van der Waals surface area contributed by atoms with Crippen molar-refractivity contribution in [3.05, 3.63) is 65.7 Å². The van der Waals surface area contributed by atoms with Crippen LogP contribution >= 0.6 is 12.4 Å². The molecule has 162 valence electrons. The van der Waals surface area contributed by atoms with Crippen molar-refractivity contribution < 1.29 is 9.90 Å². The molecular weight excluding hydrogens is 396 g/mol. The van der Waals surface area contributed by atoms with E-state index < -0.39 is 5.60 Å². The van der Waals surface area contributed by atoms with Crippen LogP contribution in [0.15, 0.2) is 54.6 Å². The maximum Gasteiger partial charge on any atom is 0.165 e. The topological polar surface area (TPSA) is 43.8 Å². The lowest BCUT2D eigenvalue weighted by molar-refractivity contribution is -0.0241. The Morgan fingerprint density at radius 3 is 2.13 bits per heavy atom. The third-order valence-corrected chi connectivity index (χ3v) is 6.44. The number of hydrogen-bond donors (Lipinski definition) is 1. The minimum Gasteiger partial charge on any atom is -0.389 e. The molecule has 1 N–H and O–H groups in total. The Bertz CT molecular complexity index is 796. The first-order chi connectivity index (χ1) is 14.1. The average molecular weight is 429 g/mol. The largest absolute Gasteiger partial charge is 0.389 e. The van der Waals surface area contributed by atoms with Gasteiger partial charge in [-0.15, -0.1) is 12.4 Å². The Morgan fingerprint density at radius 1 is 0.867 bits per heavy atom. The van der Waals surface area contributed by atoms with Gasteiger partial charge < -0.3 is 10.0 Å². The van der Waals surface area contributed by atoms with Crippen molar-refractivity contribution in [2.24, 2.45) is 0 Å². The van der Waals surface area contributed by atoms with Crippen molar-refractivity contribution in [1.29, 1.82) is 0 Å². The van der Waals surface area contributed by atoms with Crippen LogP contribution in [-0.4, -0.2) is 47.6 Å². The molecule has 2 heterocycles. The number of aliphatic hydroxyl groups is 1. The Hall–Kier alpha value is -1.88. The van der Waals surface area contributed by atoms with Gasteiger partial charge in [-0.1, -0.05) is 42.5 Å². The van der Waals surface area contributed by atoms with Crippen LogP contribution in [0.1, 0.15) is 54.4 Å². The molecule has 0 saturated carbocycles. The molecule has 2 saturated heterocycles. The third-order valence-electron chi connectivity index (χ3n) is 6.44. The van der Waals surface area contributed by atoms with E-state index in [1.165, 1.54) is 43.6 Å². The quantitative estimate of drug-likeness (QED) is 0.677. The second kappa shape index (κ2) is 10.4. The summed E-state index contributed by atoms with van der Waals surface area (Å²) in [5.41, 5.74) is 2.47. The van der Waals surface area contributed by atoms with Gasteiger partial charge in [-0.3, -0.25) is 9.69 Å². The number of carbonyl (C=O) groups is 1. The van der Waals surface area contributed by atoms with Gasteiger partial charge in [0.25, 0.3) is 0 Å². The average Bonchev–Trinajstić information content (AvgIpc) is 2.77. The molecule has 0 aromatic heterocycles. The van der Waals surface area contributed by atoms with Crippen LogP contribution in [0.3, 0.4) is 0 Å². The Morgan fingerprint density at radius 2 is 1.50 bits per heavy atom. The molecule has 4 nitrogen and oxygen atoms in total. The molecule has 4 rings (SSSR count). The van der Waals surface area contributed by atoms with Crippen molar-refractivity contribution in [1.82, 2.24) is 4.90 Å². The van der Waals surface area contributed by atoms with E-state index in [1.54, 1.807) is 0 Å². The summed E-state index contributed by atoms with van der Waals surface area (Å²) in [6.45, 7) is 4.90. The van der Waals surface area contributed by atoms with Crippen LogP contribution in [-0.2, 0) is 6.54 Å². The monoisotopic (exact) mass is 428 g/mol. The van der Waals surface area contributed by atoms with E-state index in [-0.39, 0.29) is 24.6 Å². The van der Waals surface area contributed by atoms with E-state index in [0.717, 1.165) is 19.6 Å². The molecule has 0 aliphatic carbocycles. The van der Waals surface area contributed by atoms with E-state index in [2.05, 4.69) is 34.1 Å². The SMILES string of the molecule is Cl.O=C(CC1(O)CCN(Cc2ccc(N3CCCCC3)cc2)CC1)c1ccccc1. The first-order valence-electron chi connectivity index (χ1n) is 11.0. The zero-order valence-corrected chi connectivity index (χ0v) is 18.4. The van der Waals surface area contributed by atoms with E-state index in [4.69, 9.17) is 0 Å². The highest BCUT2D eigenvalue weighted by Crippen LogP contribution is 2.28. The molecule has 0 bridgehead atoms. The number of ketones is 1. The molecule has 0 atom stereocenters. The van der Waals surface area contributed by atoms with Crippen LogP contribution in [0.25, 0.3) is 0 Å². The summed E-state index contributed by atoms with van der Waals surface area (Å²) < 4.78 is 0. The number of rotatable bonds is 6. The standard InChI is InChI=1S/C25H32N2O2.ClH/c28-24(22-7-3-1-4-8-22)19-25(29)13-17-26(18-14-25)20-21-9-11-23(12-10-21)27-15-5-2-6-16-27;/h1,3-4,7-12,29H,2,5-6,13-20H2;1H. The number of carbonyl (C=O) groups excluding carboxylic acids is 1. The summed E-state index contributed by atoms with van der Waals surface area (Å²) in [6.07, 6.45) is 5.47. The lowest BCUT2D eigenvalue weighted by atomic mass is 9.85. The molecule has 0 spiro atoms. The summed E-state index contributed by atoms with van der Waals surface area (Å²) in [5.74, 6) is 0.0369. The van der Waals surface area contributed by atoms with Crippen LogP contribution in [0, 0.1) is 0 Å². The molecule has 2 fully saturated rings. The van der Waals surface area contributed by atoms with Gasteiger partial charge >= 0.3 is 0 Å². The number of benzene rings is 2.